The van der Waals surface area contributed by atoms with Gasteiger partial charge in [0, 0.05) is 39.9 Å². The molecule has 96 valence electrons. The average Bonchev–Trinajstić information content (AvgIpc) is 2.86. The Bertz CT molecular complexity index is 904. The van der Waals surface area contributed by atoms with Crippen LogP contribution in [-0.4, -0.2) is 9.97 Å². The summed E-state index contributed by atoms with van der Waals surface area (Å²) in [5.41, 5.74) is 11.1. The number of nitrogens with zero attached hydrogens (tertiary/aromatic N) is 1. The van der Waals surface area contributed by atoms with Crippen molar-refractivity contribution in [3.8, 4) is 11.1 Å². The van der Waals surface area contributed by atoms with Gasteiger partial charge in [-0.15, -0.1) is 0 Å². The minimum atomic E-state index is 0.783. The number of rotatable bonds is 1. The maximum absolute atomic E-state index is 5.74. The summed E-state index contributed by atoms with van der Waals surface area (Å²) in [4.78, 5) is 7.62. The zero-order valence-electron chi connectivity index (χ0n) is 10.8. The summed E-state index contributed by atoms with van der Waals surface area (Å²) in [6.07, 6.45) is 3.71. The second kappa shape index (κ2) is 4.10. The van der Waals surface area contributed by atoms with Gasteiger partial charge >= 0.3 is 0 Å². The molecular weight excluding hydrogens is 246 g/mol. The van der Waals surface area contributed by atoms with Crippen molar-refractivity contribution in [3.05, 3.63) is 60.9 Å². The van der Waals surface area contributed by atoms with Crippen LogP contribution in [0.25, 0.3) is 32.9 Å². The van der Waals surface area contributed by atoms with Gasteiger partial charge in [-0.25, -0.2) is 0 Å². The van der Waals surface area contributed by atoms with Crippen molar-refractivity contribution in [2.24, 2.45) is 0 Å². The van der Waals surface area contributed by atoms with E-state index in [-0.39, 0.29) is 0 Å². The zero-order chi connectivity index (χ0) is 13.5. The SMILES string of the molecule is Nc1ccc(-c2ccc3[nH]c4ccncc4c3c2)cc1. The summed E-state index contributed by atoms with van der Waals surface area (Å²) in [6.45, 7) is 0. The van der Waals surface area contributed by atoms with Crippen LogP contribution in [0.5, 0.6) is 0 Å². The molecule has 20 heavy (non-hydrogen) atoms. The Morgan fingerprint density at radius 3 is 2.40 bits per heavy atom. The number of hydrogen-bond donors (Lipinski definition) is 2. The molecule has 2 aromatic carbocycles. The highest BCUT2D eigenvalue weighted by atomic mass is 14.7. The first-order valence-corrected chi connectivity index (χ1v) is 6.53. The van der Waals surface area contributed by atoms with Gasteiger partial charge in [0.25, 0.3) is 0 Å². The number of nitrogens with two attached hydrogens (primary N) is 1. The van der Waals surface area contributed by atoms with Crippen molar-refractivity contribution >= 4 is 27.5 Å². The lowest BCUT2D eigenvalue weighted by atomic mass is 10.0. The van der Waals surface area contributed by atoms with Crippen LogP contribution >= 0.6 is 0 Å². The Balaban J connectivity index is 1.97. The van der Waals surface area contributed by atoms with Gasteiger partial charge in [-0.2, -0.15) is 0 Å². The fraction of sp³-hybridized carbons (Fsp3) is 0. The van der Waals surface area contributed by atoms with Crippen LogP contribution < -0.4 is 5.73 Å². The number of H-pyrrole nitrogens is 1. The fourth-order valence-corrected chi connectivity index (χ4v) is 2.59. The fourth-order valence-electron chi connectivity index (χ4n) is 2.59. The monoisotopic (exact) mass is 259 g/mol. The van der Waals surface area contributed by atoms with Crippen LogP contribution in [0.4, 0.5) is 5.69 Å². The molecular formula is C17H13N3. The quantitative estimate of drug-likeness (QED) is 0.508. The molecule has 3 N–H and O–H groups in total. The molecule has 0 bridgehead atoms. The molecule has 0 aliphatic rings. The highest BCUT2D eigenvalue weighted by Crippen LogP contribution is 2.29. The van der Waals surface area contributed by atoms with E-state index in [9.17, 15) is 0 Å². The first kappa shape index (κ1) is 11.1. The lowest BCUT2D eigenvalue weighted by Crippen LogP contribution is -1.83. The Hall–Kier alpha value is -2.81. The first-order chi connectivity index (χ1) is 9.81. The summed E-state index contributed by atoms with van der Waals surface area (Å²) >= 11 is 0. The number of nitrogens with one attached hydrogen (secondary N) is 1. The number of fused-ring (bicyclic) bond motifs is 3. The van der Waals surface area contributed by atoms with E-state index in [1.807, 2.05) is 36.5 Å². The second-order valence-corrected chi connectivity index (χ2v) is 4.93. The Kier molecular flexibility index (Phi) is 2.27. The lowest BCUT2D eigenvalue weighted by molar-refractivity contribution is 1.36. The average molecular weight is 259 g/mol. The molecule has 2 heterocycles. The Morgan fingerprint density at radius 2 is 1.55 bits per heavy atom. The third kappa shape index (κ3) is 1.64. The molecule has 0 amide bonds. The largest absolute Gasteiger partial charge is 0.399 e. The predicted molar refractivity (Wildman–Crippen MR) is 83.4 cm³/mol. The normalized spacial score (nSPS) is 11.2. The summed E-state index contributed by atoms with van der Waals surface area (Å²) in [6, 6.07) is 16.4. The maximum Gasteiger partial charge on any atom is 0.0495 e. The van der Waals surface area contributed by atoms with Crippen LogP contribution in [0, 0.1) is 0 Å². The van der Waals surface area contributed by atoms with Crippen LogP contribution in [-0.2, 0) is 0 Å². The van der Waals surface area contributed by atoms with E-state index in [4.69, 9.17) is 5.73 Å². The number of hydrogen-bond acceptors (Lipinski definition) is 2. The van der Waals surface area contributed by atoms with Crippen molar-refractivity contribution in [3.63, 3.8) is 0 Å². The van der Waals surface area contributed by atoms with Gasteiger partial charge in [0.15, 0.2) is 0 Å². The molecule has 3 heteroatoms. The highest BCUT2D eigenvalue weighted by Gasteiger charge is 2.06. The van der Waals surface area contributed by atoms with E-state index in [0.717, 1.165) is 22.1 Å². The standard InChI is InChI=1S/C17H13N3/c18-13-4-1-11(2-5-13)12-3-6-16-14(9-12)15-10-19-8-7-17(15)20-16/h1-10,20H,18H2. The van der Waals surface area contributed by atoms with Gasteiger partial charge in [-0.1, -0.05) is 18.2 Å². The number of aromatic nitrogens is 2. The van der Waals surface area contributed by atoms with Crippen LogP contribution in [0.15, 0.2) is 60.9 Å². The predicted octanol–water partition coefficient (Wildman–Crippen LogP) is 3.97. The molecule has 3 nitrogen and oxygen atoms in total. The lowest BCUT2D eigenvalue weighted by Gasteiger charge is -2.02. The second-order valence-electron chi connectivity index (χ2n) is 4.93. The molecule has 0 saturated carbocycles. The number of benzene rings is 2. The topological polar surface area (TPSA) is 54.7 Å². The molecule has 0 radical (unpaired) electrons. The number of aromatic amines is 1. The van der Waals surface area contributed by atoms with Gasteiger partial charge in [0.05, 0.1) is 0 Å². The molecule has 0 aliphatic carbocycles. The van der Waals surface area contributed by atoms with Crippen molar-refractivity contribution in [1.29, 1.82) is 0 Å². The smallest absolute Gasteiger partial charge is 0.0495 e. The maximum atomic E-state index is 5.74. The molecule has 0 atom stereocenters. The van der Waals surface area contributed by atoms with Crippen molar-refractivity contribution in [2.75, 3.05) is 5.73 Å². The van der Waals surface area contributed by atoms with Gasteiger partial charge < -0.3 is 10.7 Å². The zero-order valence-corrected chi connectivity index (χ0v) is 10.8. The molecule has 0 unspecified atom stereocenters. The summed E-state index contributed by atoms with van der Waals surface area (Å²) < 4.78 is 0. The van der Waals surface area contributed by atoms with Gasteiger partial charge in [0.1, 0.15) is 0 Å². The Morgan fingerprint density at radius 1 is 0.800 bits per heavy atom. The highest BCUT2D eigenvalue weighted by molar-refractivity contribution is 6.08. The molecule has 0 fully saturated rings. The third-order valence-electron chi connectivity index (χ3n) is 3.64. The van der Waals surface area contributed by atoms with Gasteiger partial charge in [0.2, 0.25) is 0 Å². The summed E-state index contributed by atoms with van der Waals surface area (Å²) in [7, 11) is 0. The molecule has 0 saturated heterocycles. The number of anilines is 1. The van der Waals surface area contributed by atoms with E-state index in [1.165, 1.54) is 16.5 Å². The van der Waals surface area contributed by atoms with Crippen molar-refractivity contribution < 1.29 is 0 Å². The first-order valence-electron chi connectivity index (χ1n) is 6.53. The van der Waals surface area contributed by atoms with Gasteiger partial charge in [-0.3, -0.25) is 4.98 Å². The van der Waals surface area contributed by atoms with Crippen LogP contribution in [0.1, 0.15) is 0 Å². The molecule has 4 rings (SSSR count). The van der Waals surface area contributed by atoms with E-state index < -0.39 is 0 Å². The number of pyridine rings is 1. The van der Waals surface area contributed by atoms with E-state index in [0.29, 0.717) is 0 Å². The van der Waals surface area contributed by atoms with Crippen molar-refractivity contribution in [2.45, 2.75) is 0 Å². The minimum absolute atomic E-state index is 0.783. The van der Waals surface area contributed by atoms with Gasteiger partial charge in [-0.05, 0) is 41.5 Å². The van der Waals surface area contributed by atoms with Crippen molar-refractivity contribution in [1.82, 2.24) is 9.97 Å². The van der Waals surface area contributed by atoms with E-state index >= 15 is 0 Å². The van der Waals surface area contributed by atoms with Crippen LogP contribution in [0.2, 0.25) is 0 Å². The third-order valence-corrected chi connectivity index (χ3v) is 3.64. The summed E-state index contributed by atoms with van der Waals surface area (Å²) in [5, 5.41) is 2.35. The van der Waals surface area contributed by atoms with E-state index in [1.54, 1.807) is 6.20 Å². The van der Waals surface area contributed by atoms with Crippen LogP contribution in [0.3, 0.4) is 0 Å². The Labute approximate surface area is 116 Å². The minimum Gasteiger partial charge on any atom is -0.399 e. The molecule has 2 aromatic heterocycles. The number of nitrogen functional groups attached to an aromatic ring is 1. The summed E-state index contributed by atoms with van der Waals surface area (Å²) in [5.74, 6) is 0. The van der Waals surface area contributed by atoms with E-state index in [2.05, 4.69) is 28.2 Å². The molecule has 0 spiro atoms. The molecule has 4 aromatic rings. The molecule has 0 aliphatic heterocycles.